The van der Waals surface area contributed by atoms with Crippen LogP contribution in [0.1, 0.15) is 26.3 Å². The minimum atomic E-state index is 0.108. The molecule has 0 aliphatic heterocycles. The molecule has 202 valence electrons. The molecule has 0 spiro atoms. The topological polar surface area (TPSA) is 35.6 Å². The largest absolute Gasteiger partial charge is 0.309 e. The van der Waals surface area contributed by atoms with Crippen LogP contribution in [-0.4, -0.2) is 19.1 Å². The summed E-state index contributed by atoms with van der Waals surface area (Å²) in [5, 5.41) is 4.87. The van der Waals surface area contributed by atoms with Crippen molar-refractivity contribution in [2.45, 2.75) is 26.2 Å². The Balaban J connectivity index is 1.32. The molecule has 42 heavy (non-hydrogen) atoms. The van der Waals surface area contributed by atoms with E-state index in [-0.39, 0.29) is 5.41 Å². The van der Waals surface area contributed by atoms with E-state index in [9.17, 15) is 0 Å². The van der Waals surface area contributed by atoms with E-state index in [2.05, 4.69) is 145 Å². The highest BCUT2D eigenvalue weighted by Crippen LogP contribution is 2.36. The molecule has 0 radical (unpaired) electrons. The predicted octanol–water partition coefficient (Wildman–Crippen LogP) is 9.64. The van der Waals surface area contributed by atoms with Crippen LogP contribution in [0.3, 0.4) is 0 Å². The van der Waals surface area contributed by atoms with Gasteiger partial charge in [-0.2, -0.15) is 0 Å². The Kier molecular flexibility index (Phi) is 5.35. The van der Waals surface area contributed by atoms with Crippen molar-refractivity contribution >= 4 is 43.6 Å². The highest BCUT2D eigenvalue weighted by molar-refractivity contribution is 6.12. The maximum atomic E-state index is 5.08. The fourth-order valence-corrected chi connectivity index (χ4v) is 6.27. The Morgan fingerprint density at radius 3 is 1.69 bits per heavy atom. The molecule has 0 amide bonds. The first-order valence-electron chi connectivity index (χ1n) is 14.4. The van der Waals surface area contributed by atoms with Gasteiger partial charge >= 0.3 is 0 Å². The van der Waals surface area contributed by atoms with Crippen molar-refractivity contribution in [2.24, 2.45) is 0 Å². The molecule has 4 heteroatoms. The van der Waals surface area contributed by atoms with Crippen molar-refractivity contribution in [1.29, 1.82) is 0 Å². The molecule has 0 saturated carbocycles. The van der Waals surface area contributed by atoms with E-state index in [1.807, 2.05) is 12.3 Å². The second kappa shape index (κ2) is 9.15. The summed E-state index contributed by atoms with van der Waals surface area (Å²) in [4.78, 5) is 9.84. The van der Waals surface area contributed by atoms with Crippen LogP contribution in [0.5, 0.6) is 0 Å². The molecule has 0 saturated heterocycles. The van der Waals surface area contributed by atoms with Gasteiger partial charge in [0.05, 0.1) is 27.8 Å². The zero-order valence-corrected chi connectivity index (χ0v) is 23.9. The van der Waals surface area contributed by atoms with E-state index in [1.165, 1.54) is 38.1 Å². The fourth-order valence-electron chi connectivity index (χ4n) is 6.27. The Morgan fingerprint density at radius 2 is 1.07 bits per heavy atom. The van der Waals surface area contributed by atoms with Gasteiger partial charge in [0.25, 0.3) is 0 Å². The van der Waals surface area contributed by atoms with Crippen LogP contribution in [0.25, 0.3) is 66.5 Å². The van der Waals surface area contributed by atoms with Crippen LogP contribution in [0.15, 0.2) is 128 Å². The van der Waals surface area contributed by atoms with Crippen molar-refractivity contribution in [3.05, 3.63) is 133 Å². The molecule has 8 aromatic rings. The second-order valence-corrected chi connectivity index (χ2v) is 12.0. The monoisotopic (exact) mass is 542 g/mol. The second-order valence-electron chi connectivity index (χ2n) is 12.0. The first-order valence-corrected chi connectivity index (χ1v) is 14.4. The number of benzene rings is 5. The van der Waals surface area contributed by atoms with E-state index >= 15 is 0 Å². The molecule has 0 bridgehead atoms. The number of aromatic nitrogens is 4. The molecule has 0 N–H and O–H groups in total. The summed E-state index contributed by atoms with van der Waals surface area (Å²) in [6.45, 7) is 6.71. The third-order valence-corrected chi connectivity index (χ3v) is 8.38. The van der Waals surface area contributed by atoms with E-state index in [0.29, 0.717) is 5.95 Å². The molecular formula is C38H30N4. The molecule has 5 aromatic carbocycles. The van der Waals surface area contributed by atoms with Crippen molar-refractivity contribution in [3.63, 3.8) is 0 Å². The van der Waals surface area contributed by atoms with E-state index < -0.39 is 0 Å². The average molecular weight is 543 g/mol. The average Bonchev–Trinajstić information content (AvgIpc) is 3.53. The number of para-hydroxylation sites is 3. The van der Waals surface area contributed by atoms with Crippen LogP contribution in [0.4, 0.5) is 0 Å². The van der Waals surface area contributed by atoms with Gasteiger partial charge in [-0.05, 0) is 53.4 Å². The highest BCUT2D eigenvalue weighted by Gasteiger charge is 2.18. The van der Waals surface area contributed by atoms with Crippen LogP contribution < -0.4 is 0 Å². The van der Waals surface area contributed by atoms with Crippen LogP contribution >= 0.6 is 0 Å². The van der Waals surface area contributed by atoms with Gasteiger partial charge in [0.1, 0.15) is 0 Å². The maximum absolute atomic E-state index is 5.08. The standard InChI is InChI=1S/C38H30N4/c1-38(2,3)26-18-16-25(17-19-26)32-22-23-39-37(40-32)42-35-15-9-6-12-30(35)31-24-27(20-21-36(31)42)41-33-13-7-4-10-28(33)29-11-5-8-14-34(29)41/h4-24H,1-3H3. The molecule has 0 fully saturated rings. The molecule has 0 aliphatic rings. The number of fused-ring (bicyclic) bond motifs is 6. The van der Waals surface area contributed by atoms with Gasteiger partial charge in [0, 0.05) is 39.0 Å². The van der Waals surface area contributed by atoms with Gasteiger partial charge in [0.2, 0.25) is 5.95 Å². The predicted molar refractivity (Wildman–Crippen MR) is 175 cm³/mol. The third kappa shape index (κ3) is 3.76. The van der Waals surface area contributed by atoms with E-state index in [1.54, 1.807) is 0 Å². The minimum Gasteiger partial charge on any atom is -0.309 e. The Hall–Kier alpha value is -5.22. The lowest BCUT2D eigenvalue weighted by atomic mass is 9.86. The van der Waals surface area contributed by atoms with Crippen molar-refractivity contribution in [2.75, 3.05) is 0 Å². The van der Waals surface area contributed by atoms with Crippen molar-refractivity contribution in [1.82, 2.24) is 19.1 Å². The fraction of sp³-hybridized carbons (Fsp3) is 0.105. The summed E-state index contributed by atoms with van der Waals surface area (Å²) in [6, 6.07) is 43.3. The highest BCUT2D eigenvalue weighted by atomic mass is 15.2. The smallest absolute Gasteiger partial charge is 0.235 e. The number of rotatable bonds is 3. The molecular weight excluding hydrogens is 512 g/mol. The lowest BCUT2D eigenvalue weighted by molar-refractivity contribution is 0.590. The molecule has 0 atom stereocenters. The van der Waals surface area contributed by atoms with Crippen LogP contribution in [0.2, 0.25) is 0 Å². The van der Waals surface area contributed by atoms with Crippen molar-refractivity contribution in [3.8, 4) is 22.9 Å². The number of hydrogen-bond acceptors (Lipinski definition) is 2. The first-order chi connectivity index (χ1) is 20.5. The molecule has 4 nitrogen and oxygen atoms in total. The Bertz CT molecular complexity index is 2220. The third-order valence-electron chi connectivity index (χ3n) is 8.38. The molecule has 8 rings (SSSR count). The van der Waals surface area contributed by atoms with Gasteiger partial charge in [-0.15, -0.1) is 0 Å². The lowest BCUT2D eigenvalue weighted by Gasteiger charge is -2.19. The number of hydrogen-bond donors (Lipinski definition) is 0. The van der Waals surface area contributed by atoms with Gasteiger partial charge in [-0.25, -0.2) is 9.97 Å². The summed E-state index contributed by atoms with van der Waals surface area (Å²) < 4.78 is 4.56. The van der Waals surface area contributed by atoms with Gasteiger partial charge in [-0.3, -0.25) is 4.57 Å². The van der Waals surface area contributed by atoms with Gasteiger partial charge < -0.3 is 4.57 Å². The maximum Gasteiger partial charge on any atom is 0.235 e. The molecule has 0 aliphatic carbocycles. The quantitative estimate of drug-likeness (QED) is 0.223. The minimum absolute atomic E-state index is 0.108. The summed E-state index contributed by atoms with van der Waals surface area (Å²) >= 11 is 0. The van der Waals surface area contributed by atoms with Gasteiger partial charge in [-0.1, -0.05) is 99.6 Å². The summed E-state index contributed by atoms with van der Waals surface area (Å²) in [6.07, 6.45) is 1.86. The van der Waals surface area contributed by atoms with Crippen LogP contribution in [-0.2, 0) is 5.41 Å². The first kappa shape index (κ1) is 24.6. The van der Waals surface area contributed by atoms with E-state index in [4.69, 9.17) is 9.97 Å². The van der Waals surface area contributed by atoms with Crippen LogP contribution in [0, 0.1) is 0 Å². The molecule has 3 heterocycles. The SMILES string of the molecule is CC(C)(C)c1ccc(-c2ccnc(-n3c4ccccc4c4cc(-n5c6ccccc6c6ccccc65)ccc43)n2)cc1. The summed E-state index contributed by atoms with van der Waals surface area (Å²) in [5.41, 5.74) is 9.13. The molecule has 3 aromatic heterocycles. The van der Waals surface area contributed by atoms with E-state index in [0.717, 1.165) is 28.0 Å². The summed E-state index contributed by atoms with van der Waals surface area (Å²) in [5.74, 6) is 0.670. The lowest BCUT2D eigenvalue weighted by Crippen LogP contribution is -2.10. The zero-order chi connectivity index (χ0) is 28.4. The molecule has 0 unspecified atom stereocenters. The zero-order valence-electron chi connectivity index (χ0n) is 23.9. The number of nitrogens with zero attached hydrogens (tertiary/aromatic N) is 4. The van der Waals surface area contributed by atoms with Gasteiger partial charge in [0.15, 0.2) is 0 Å². The summed E-state index contributed by atoms with van der Waals surface area (Å²) in [7, 11) is 0. The Morgan fingerprint density at radius 1 is 0.524 bits per heavy atom. The van der Waals surface area contributed by atoms with Crippen molar-refractivity contribution < 1.29 is 0 Å². The normalized spacial score (nSPS) is 12.2. The Labute approximate surface area is 244 Å².